The maximum Gasteiger partial charge on any atom is 0.151 e. The van der Waals surface area contributed by atoms with Crippen LogP contribution in [0.5, 0.6) is 11.5 Å². The molecule has 2 heteroatoms. The van der Waals surface area contributed by atoms with Gasteiger partial charge in [-0.1, -0.05) is 38.1 Å². The molecule has 1 aliphatic heterocycles. The summed E-state index contributed by atoms with van der Waals surface area (Å²) in [6.07, 6.45) is 0. The maximum absolute atomic E-state index is 5.91. The van der Waals surface area contributed by atoms with Crippen LogP contribution in [0, 0.1) is 0 Å². The molecule has 0 bridgehead atoms. The van der Waals surface area contributed by atoms with Crippen molar-refractivity contribution in [1.82, 2.24) is 0 Å². The molecule has 1 heterocycles. The van der Waals surface area contributed by atoms with Gasteiger partial charge >= 0.3 is 0 Å². The quantitative estimate of drug-likeness (QED) is 0.650. The average Bonchev–Trinajstić information content (AvgIpc) is 2.35. The lowest BCUT2D eigenvalue weighted by Crippen LogP contribution is -2.06. The minimum absolute atomic E-state index is 0.478. The highest BCUT2D eigenvalue weighted by atomic mass is 16.5. The molecular formula is C15H15NO. The molecule has 0 radical (unpaired) electrons. The summed E-state index contributed by atoms with van der Waals surface area (Å²) >= 11 is 0. The van der Waals surface area contributed by atoms with Gasteiger partial charge in [-0.15, -0.1) is 0 Å². The second-order valence-corrected chi connectivity index (χ2v) is 4.60. The number of para-hydroxylation sites is 3. The lowest BCUT2D eigenvalue weighted by molar-refractivity contribution is 0.480. The highest BCUT2D eigenvalue weighted by Gasteiger charge is 2.19. The van der Waals surface area contributed by atoms with Crippen molar-refractivity contribution < 1.29 is 4.74 Å². The minimum Gasteiger partial charge on any atom is -0.453 e. The van der Waals surface area contributed by atoms with E-state index in [1.54, 1.807) is 0 Å². The van der Waals surface area contributed by atoms with Crippen molar-refractivity contribution in [3.8, 4) is 11.5 Å². The van der Waals surface area contributed by atoms with E-state index in [9.17, 15) is 0 Å². The van der Waals surface area contributed by atoms with Crippen LogP contribution in [0.3, 0.4) is 0 Å². The Morgan fingerprint density at radius 2 is 1.71 bits per heavy atom. The Labute approximate surface area is 101 Å². The average molecular weight is 225 g/mol. The first-order chi connectivity index (χ1) is 8.25. The van der Waals surface area contributed by atoms with Crippen LogP contribution in [0.25, 0.3) is 0 Å². The first kappa shape index (κ1) is 10.2. The number of hydrogen-bond acceptors (Lipinski definition) is 2. The predicted molar refractivity (Wildman–Crippen MR) is 70.3 cm³/mol. The van der Waals surface area contributed by atoms with Crippen LogP contribution in [-0.4, -0.2) is 0 Å². The van der Waals surface area contributed by atoms with E-state index in [1.807, 2.05) is 36.4 Å². The van der Waals surface area contributed by atoms with Crippen LogP contribution in [-0.2, 0) is 0 Å². The highest BCUT2D eigenvalue weighted by molar-refractivity contribution is 5.78. The summed E-state index contributed by atoms with van der Waals surface area (Å²) in [7, 11) is 0. The third-order valence-electron chi connectivity index (χ3n) is 3.05. The third-order valence-corrected chi connectivity index (χ3v) is 3.05. The summed E-state index contributed by atoms with van der Waals surface area (Å²) in [6, 6.07) is 14.2. The van der Waals surface area contributed by atoms with Crippen LogP contribution in [0.15, 0.2) is 42.5 Å². The number of ether oxygens (including phenoxy) is 1. The van der Waals surface area contributed by atoms with E-state index >= 15 is 0 Å². The van der Waals surface area contributed by atoms with E-state index in [1.165, 1.54) is 5.56 Å². The zero-order chi connectivity index (χ0) is 11.8. The Bertz CT molecular complexity index is 561. The molecule has 0 atom stereocenters. The summed E-state index contributed by atoms with van der Waals surface area (Å²) in [5.74, 6) is 2.28. The summed E-state index contributed by atoms with van der Waals surface area (Å²) in [4.78, 5) is 0. The first-order valence-electron chi connectivity index (χ1n) is 5.92. The molecule has 3 rings (SSSR count). The van der Waals surface area contributed by atoms with Crippen LogP contribution in [0.1, 0.15) is 25.3 Å². The second-order valence-electron chi connectivity index (χ2n) is 4.60. The topological polar surface area (TPSA) is 21.3 Å². The van der Waals surface area contributed by atoms with Gasteiger partial charge in [0.25, 0.3) is 0 Å². The molecule has 1 N–H and O–H groups in total. The number of benzene rings is 2. The van der Waals surface area contributed by atoms with Crippen LogP contribution < -0.4 is 10.1 Å². The van der Waals surface area contributed by atoms with Crippen molar-refractivity contribution in [2.75, 3.05) is 5.32 Å². The molecule has 0 aromatic heterocycles. The van der Waals surface area contributed by atoms with Gasteiger partial charge in [0.15, 0.2) is 11.5 Å². The van der Waals surface area contributed by atoms with E-state index in [0.717, 1.165) is 22.9 Å². The van der Waals surface area contributed by atoms with Crippen molar-refractivity contribution >= 4 is 11.4 Å². The maximum atomic E-state index is 5.91. The molecule has 0 saturated heterocycles. The Morgan fingerprint density at radius 3 is 2.53 bits per heavy atom. The van der Waals surface area contributed by atoms with Crippen molar-refractivity contribution in [1.29, 1.82) is 0 Å². The van der Waals surface area contributed by atoms with Gasteiger partial charge in [-0.05, 0) is 29.7 Å². The normalized spacial score (nSPS) is 12.4. The molecule has 0 unspecified atom stereocenters. The van der Waals surface area contributed by atoms with Gasteiger partial charge in [-0.3, -0.25) is 0 Å². The summed E-state index contributed by atoms with van der Waals surface area (Å²) in [5.41, 5.74) is 3.42. The summed E-state index contributed by atoms with van der Waals surface area (Å²) < 4.78 is 5.91. The molecule has 0 amide bonds. The van der Waals surface area contributed by atoms with Gasteiger partial charge in [0.05, 0.1) is 11.4 Å². The van der Waals surface area contributed by atoms with Gasteiger partial charge in [-0.25, -0.2) is 0 Å². The smallest absolute Gasteiger partial charge is 0.151 e. The lowest BCUT2D eigenvalue weighted by Gasteiger charge is -2.25. The molecule has 17 heavy (non-hydrogen) atoms. The molecule has 0 aliphatic carbocycles. The number of fused-ring (bicyclic) bond motifs is 2. The molecule has 0 spiro atoms. The van der Waals surface area contributed by atoms with E-state index in [4.69, 9.17) is 4.74 Å². The number of nitrogens with one attached hydrogen (secondary N) is 1. The number of hydrogen-bond donors (Lipinski definition) is 1. The molecule has 2 aromatic rings. The van der Waals surface area contributed by atoms with Gasteiger partial charge in [0.2, 0.25) is 0 Å². The molecule has 0 saturated carbocycles. The molecule has 86 valence electrons. The lowest BCUT2D eigenvalue weighted by atomic mass is 9.99. The summed E-state index contributed by atoms with van der Waals surface area (Å²) in [5, 5.41) is 3.47. The molecule has 2 nitrogen and oxygen atoms in total. The van der Waals surface area contributed by atoms with Crippen molar-refractivity contribution in [3.05, 3.63) is 48.0 Å². The highest BCUT2D eigenvalue weighted by Crippen LogP contribution is 2.44. The Balaban J connectivity index is 2.12. The van der Waals surface area contributed by atoms with Crippen molar-refractivity contribution in [3.63, 3.8) is 0 Å². The Kier molecular flexibility index (Phi) is 2.29. The fraction of sp³-hybridized carbons (Fsp3) is 0.200. The van der Waals surface area contributed by atoms with E-state index in [2.05, 4.69) is 25.2 Å². The largest absolute Gasteiger partial charge is 0.453 e. The number of anilines is 2. The molecule has 1 aliphatic rings. The fourth-order valence-corrected chi connectivity index (χ4v) is 2.16. The van der Waals surface area contributed by atoms with E-state index < -0.39 is 0 Å². The van der Waals surface area contributed by atoms with Crippen molar-refractivity contribution in [2.24, 2.45) is 0 Å². The third kappa shape index (κ3) is 1.66. The van der Waals surface area contributed by atoms with Crippen LogP contribution in [0.2, 0.25) is 0 Å². The monoisotopic (exact) mass is 225 g/mol. The first-order valence-corrected chi connectivity index (χ1v) is 5.92. The van der Waals surface area contributed by atoms with Gasteiger partial charge in [0, 0.05) is 0 Å². The van der Waals surface area contributed by atoms with Crippen LogP contribution >= 0.6 is 0 Å². The Morgan fingerprint density at radius 1 is 0.941 bits per heavy atom. The van der Waals surface area contributed by atoms with E-state index in [0.29, 0.717) is 5.92 Å². The standard InChI is InChI=1S/C15H15NO/c1-10(2)11-6-5-9-14-15(11)16-12-7-3-4-8-13(12)17-14/h3-10,16H,1-2H3. The fourth-order valence-electron chi connectivity index (χ4n) is 2.16. The van der Waals surface area contributed by atoms with E-state index in [-0.39, 0.29) is 0 Å². The van der Waals surface area contributed by atoms with Gasteiger partial charge in [0.1, 0.15) is 0 Å². The predicted octanol–water partition coefficient (Wildman–Crippen LogP) is 4.66. The Hall–Kier alpha value is -1.96. The summed E-state index contributed by atoms with van der Waals surface area (Å²) in [6.45, 7) is 4.38. The zero-order valence-corrected chi connectivity index (χ0v) is 10.0. The van der Waals surface area contributed by atoms with Gasteiger partial charge in [-0.2, -0.15) is 0 Å². The van der Waals surface area contributed by atoms with Gasteiger partial charge < -0.3 is 10.1 Å². The SMILES string of the molecule is CC(C)c1cccc2c1Nc1ccccc1O2. The zero-order valence-electron chi connectivity index (χ0n) is 10.0. The molecular weight excluding hydrogens is 210 g/mol. The minimum atomic E-state index is 0.478. The molecule has 0 fully saturated rings. The number of rotatable bonds is 1. The molecule has 2 aromatic carbocycles. The van der Waals surface area contributed by atoms with Crippen molar-refractivity contribution in [2.45, 2.75) is 19.8 Å². The second kappa shape index (κ2) is 3.81. The van der Waals surface area contributed by atoms with Crippen LogP contribution in [0.4, 0.5) is 11.4 Å².